The number of hydrogen-bond donors (Lipinski definition) is 0. The number of aromatic nitrogens is 2. The lowest BCUT2D eigenvalue weighted by Crippen LogP contribution is -2.31. The Labute approximate surface area is 201 Å². The Morgan fingerprint density at radius 3 is 2.70 bits per heavy atom. The van der Waals surface area contributed by atoms with Gasteiger partial charge in [0.2, 0.25) is 0 Å². The number of ether oxygens (including phenoxy) is 2. The molecule has 1 saturated heterocycles. The SMILES string of the molecule is CCOc1ccc(-c2nn(-c3ccccc3)cc2C=C2SC(=S)N(CCOC)C2=O)cc1F. The van der Waals surface area contributed by atoms with Crippen LogP contribution in [0.2, 0.25) is 0 Å². The van der Waals surface area contributed by atoms with E-state index in [-0.39, 0.29) is 11.7 Å². The van der Waals surface area contributed by atoms with Gasteiger partial charge in [-0.2, -0.15) is 5.10 Å². The number of thiocarbonyl (C=S) groups is 1. The molecule has 1 aliphatic rings. The minimum atomic E-state index is -0.472. The van der Waals surface area contributed by atoms with Gasteiger partial charge < -0.3 is 9.47 Å². The van der Waals surface area contributed by atoms with E-state index in [1.807, 2.05) is 36.5 Å². The molecule has 170 valence electrons. The first-order valence-electron chi connectivity index (χ1n) is 10.3. The molecule has 33 heavy (non-hydrogen) atoms. The minimum Gasteiger partial charge on any atom is -0.491 e. The Kier molecular flexibility index (Phi) is 7.22. The number of thioether (sulfide) groups is 1. The molecule has 0 radical (unpaired) electrons. The number of hydrogen-bond acceptors (Lipinski definition) is 6. The Morgan fingerprint density at radius 2 is 2.00 bits per heavy atom. The lowest BCUT2D eigenvalue weighted by Gasteiger charge is -2.12. The Hall–Kier alpha value is -3.01. The van der Waals surface area contributed by atoms with Crippen LogP contribution < -0.4 is 4.74 Å². The number of nitrogens with zero attached hydrogens (tertiary/aromatic N) is 3. The summed E-state index contributed by atoms with van der Waals surface area (Å²) in [6, 6.07) is 14.3. The zero-order valence-corrected chi connectivity index (χ0v) is 19.8. The van der Waals surface area contributed by atoms with Crippen molar-refractivity contribution in [1.82, 2.24) is 14.7 Å². The average Bonchev–Trinajstić information content (AvgIpc) is 3.35. The number of carbonyl (C=O) groups is 1. The minimum absolute atomic E-state index is 0.182. The lowest BCUT2D eigenvalue weighted by molar-refractivity contribution is -0.122. The largest absolute Gasteiger partial charge is 0.491 e. The van der Waals surface area contributed by atoms with Crippen LogP contribution in [0, 0.1) is 5.82 Å². The molecule has 0 spiro atoms. The molecule has 0 saturated carbocycles. The lowest BCUT2D eigenvalue weighted by atomic mass is 10.1. The van der Waals surface area contributed by atoms with E-state index in [4.69, 9.17) is 26.8 Å². The molecule has 3 aromatic rings. The number of rotatable bonds is 8. The second kappa shape index (κ2) is 10.3. The fraction of sp³-hybridized carbons (Fsp3) is 0.208. The van der Waals surface area contributed by atoms with Gasteiger partial charge in [-0.3, -0.25) is 9.69 Å². The third-order valence-electron chi connectivity index (χ3n) is 4.95. The van der Waals surface area contributed by atoms with Gasteiger partial charge in [0.15, 0.2) is 11.6 Å². The normalized spacial score (nSPS) is 15.0. The molecule has 0 N–H and O–H groups in total. The Bertz CT molecular complexity index is 1210. The highest BCUT2D eigenvalue weighted by molar-refractivity contribution is 8.26. The first kappa shape index (κ1) is 23.2. The van der Waals surface area contributed by atoms with Gasteiger partial charge in [0.25, 0.3) is 5.91 Å². The van der Waals surface area contributed by atoms with E-state index in [1.165, 1.54) is 22.7 Å². The summed E-state index contributed by atoms with van der Waals surface area (Å²) >= 11 is 6.61. The Morgan fingerprint density at radius 1 is 1.21 bits per heavy atom. The molecule has 6 nitrogen and oxygen atoms in total. The first-order chi connectivity index (χ1) is 16.0. The molecule has 1 aromatic heterocycles. The van der Waals surface area contributed by atoms with Crippen molar-refractivity contribution in [3.8, 4) is 22.7 Å². The highest BCUT2D eigenvalue weighted by atomic mass is 32.2. The molecule has 2 heterocycles. The highest BCUT2D eigenvalue weighted by Gasteiger charge is 2.32. The van der Waals surface area contributed by atoms with Crippen molar-refractivity contribution in [3.05, 3.63) is 71.0 Å². The van der Waals surface area contributed by atoms with Crippen LogP contribution in [-0.4, -0.2) is 51.8 Å². The van der Waals surface area contributed by atoms with E-state index in [9.17, 15) is 9.18 Å². The van der Waals surface area contributed by atoms with E-state index >= 15 is 0 Å². The van der Waals surface area contributed by atoms with Gasteiger partial charge >= 0.3 is 0 Å². The van der Waals surface area contributed by atoms with Crippen LogP contribution in [0.15, 0.2) is 59.6 Å². The molecule has 4 rings (SSSR count). The van der Waals surface area contributed by atoms with Gasteiger partial charge in [-0.25, -0.2) is 9.07 Å². The van der Waals surface area contributed by atoms with Crippen molar-refractivity contribution in [1.29, 1.82) is 0 Å². The summed E-state index contributed by atoms with van der Waals surface area (Å²) in [6.07, 6.45) is 3.57. The van der Waals surface area contributed by atoms with Crippen molar-refractivity contribution in [2.45, 2.75) is 6.92 Å². The van der Waals surface area contributed by atoms with E-state index in [1.54, 1.807) is 36.9 Å². The number of carbonyl (C=O) groups excluding carboxylic acids is 1. The van der Waals surface area contributed by atoms with Crippen molar-refractivity contribution >= 4 is 40.3 Å². The van der Waals surface area contributed by atoms with Gasteiger partial charge in [0, 0.05) is 24.4 Å². The smallest absolute Gasteiger partial charge is 0.266 e. The van der Waals surface area contributed by atoms with Crippen molar-refractivity contribution < 1.29 is 18.7 Å². The average molecular weight is 484 g/mol. The first-order valence-corrected chi connectivity index (χ1v) is 11.6. The number of halogens is 1. The second-order valence-electron chi connectivity index (χ2n) is 7.12. The van der Waals surface area contributed by atoms with Crippen molar-refractivity contribution in [2.24, 2.45) is 0 Å². The molecule has 0 atom stereocenters. The van der Waals surface area contributed by atoms with Crippen LogP contribution in [-0.2, 0) is 9.53 Å². The molecular formula is C24H22FN3O3S2. The summed E-state index contributed by atoms with van der Waals surface area (Å²) in [5.74, 6) is -0.469. The van der Waals surface area contributed by atoms with Crippen LogP contribution in [0.1, 0.15) is 12.5 Å². The number of para-hydroxylation sites is 1. The predicted molar refractivity (Wildman–Crippen MR) is 132 cm³/mol. The predicted octanol–water partition coefficient (Wildman–Crippen LogP) is 4.92. The number of benzene rings is 2. The monoisotopic (exact) mass is 483 g/mol. The number of amides is 1. The third kappa shape index (κ3) is 5.00. The number of methoxy groups -OCH3 is 1. The maximum absolute atomic E-state index is 14.6. The molecule has 0 bridgehead atoms. The zero-order chi connectivity index (χ0) is 23.4. The summed E-state index contributed by atoms with van der Waals surface area (Å²) < 4.78 is 27.2. The second-order valence-corrected chi connectivity index (χ2v) is 8.79. The van der Waals surface area contributed by atoms with Crippen LogP contribution in [0.3, 0.4) is 0 Å². The molecule has 9 heteroatoms. The Balaban J connectivity index is 1.77. The fourth-order valence-electron chi connectivity index (χ4n) is 3.37. The van der Waals surface area contributed by atoms with E-state index in [0.29, 0.717) is 45.8 Å². The third-order valence-corrected chi connectivity index (χ3v) is 6.33. The van der Waals surface area contributed by atoms with E-state index < -0.39 is 5.82 Å². The maximum Gasteiger partial charge on any atom is 0.266 e. The van der Waals surface area contributed by atoms with Gasteiger partial charge in [-0.15, -0.1) is 0 Å². The zero-order valence-electron chi connectivity index (χ0n) is 18.2. The summed E-state index contributed by atoms with van der Waals surface area (Å²) in [6.45, 7) is 2.95. The molecule has 2 aromatic carbocycles. The summed E-state index contributed by atoms with van der Waals surface area (Å²) in [5, 5.41) is 4.70. The van der Waals surface area contributed by atoms with Gasteiger partial charge in [0.05, 0.1) is 30.4 Å². The van der Waals surface area contributed by atoms with E-state index in [0.717, 1.165) is 5.69 Å². The summed E-state index contributed by atoms with van der Waals surface area (Å²) in [4.78, 5) is 14.9. The van der Waals surface area contributed by atoms with E-state index in [2.05, 4.69) is 0 Å². The molecule has 1 aliphatic heterocycles. The van der Waals surface area contributed by atoms with Gasteiger partial charge in [0.1, 0.15) is 10.0 Å². The van der Waals surface area contributed by atoms with Gasteiger partial charge in [-0.1, -0.05) is 42.2 Å². The van der Waals surface area contributed by atoms with Crippen LogP contribution in [0.25, 0.3) is 23.0 Å². The van der Waals surface area contributed by atoms with Crippen molar-refractivity contribution in [2.75, 3.05) is 26.9 Å². The van der Waals surface area contributed by atoms with Crippen LogP contribution in [0.4, 0.5) is 4.39 Å². The highest BCUT2D eigenvalue weighted by Crippen LogP contribution is 2.35. The van der Waals surface area contributed by atoms with Crippen LogP contribution >= 0.6 is 24.0 Å². The molecule has 1 amide bonds. The quantitative estimate of drug-likeness (QED) is 0.335. The molecule has 0 aliphatic carbocycles. The summed E-state index contributed by atoms with van der Waals surface area (Å²) in [7, 11) is 1.58. The topological polar surface area (TPSA) is 56.6 Å². The molecular weight excluding hydrogens is 461 g/mol. The summed E-state index contributed by atoms with van der Waals surface area (Å²) in [5.41, 5.74) is 2.64. The fourth-order valence-corrected chi connectivity index (χ4v) is 4.67. The van der Waals surface area contributed by atoms with Gasteiger partial charge in [-0.05, 0) is 43.3 Å². The van der Waals surface area contributed by atoms with Crippen LogP contribution in [0.5, 0.6) is 5.75 Å². The molecule has 1 fully saturated rings. The maximum atomic E-state index is 14.6. The van der Waals surface area contributed by atoms with Crippen molar-refractivity contribution in [3.63, 3.8) is 0 Å². The molecule has 0 unspecified atom stereocenters. The standard InChI is InChI=1S/C24H22FN3O3S2/c1-3-31-20-10-9-16(13-19(20)25)22-17(15-28(26-22)18-7-5-4-6-8-18)14-21-23(29)27(11-12-30-2)24(32)33-21/h4-10,13-15H,3,11-12H2,1-2H3.